The molecule has 1 saturated heterocycles. The van der Waals surface area contributed by atoms with E-state index in [2.05, 4.69) is 6.07 Å². The molecule has 1 fully saturated rings. The number of hydrogen-bond donors (Lipinski definition) is 4. The van der Waals surface area contributed by atoms with Crippen molar-refractivity contribution in [3.05, 3.63) is 70.4 Å². The van der Waals surface area contributed by atoms with E-state index in [0.717, 1.165) is 15.0 Å². The lowest BCUT2D eigenvalue weighted by atomic mass is 9.90. The molecule has 0 bridgehead atoms. The Hall–Kier alpha value is -1.87. The molecule has 2 heterocycles. The Morgan fingerprint density at radius 3 is 2.50 bits per heavy atom. The van der Waals surface area contributed by atoms with Gasteiger partial charge in [-0.2, -0.15) is 0 Å². The van der Waals surface area contributed by atoms with Crippen molar-refractivity contribution < 1.29 is 29.6 Å². The molecular formula is C21H21FO5S. The molecule has 4 rings (SSSR count). The Kier molecular flexibility index (Phi) is 5.46. The van der Waals surface area contributed by atoms with E-state index >= 15 is 0 Å². The minimum atomic E-state index is -1.50. The highest BCUT2D eigenvalue weighted by atomic mass is 32.1. The minimum absolute atomic E-state index is 0.355. The fourth-order valence-electron chi connectivity index (χ4n) is 3.64. The van der Waals surface area contributed by atoms with Crippen LogP contribution in [0, 0.1) is 5.82 Å². The summed E-state index contributed by atoms with van der Waals surface area (Å²) < 4.78 is 21.0. The topological polar surface area (TPSA) is 90.2 Å². The number of hydrogen-bond acceptors (Lipinski definition) is 6. The molecule has 5 nitrogen and oxygen atoms in total. The van der Waals surface area contributed by atoms with Crippen LogP contribution in [0.1, 0.15) is 22.1 Å². The van der Waals surface area contributed by atoms with Crippen LogP contribution < -0.4 is 0 Å². The molecule has 4 N–H and O–H groups in total. The molecular weight excluding hydrogens is 383 g/mol. The van der Waals surface area contributed by atoms with Crippen molar-refractivity contribution in [2.45, 2.75) is 36.9 Å². The summed E-state index contributed by atoms with van der Waals surface area (Å²) in [6.45, 7) is -0.522. The Bertz CT molecular complexity index is 939. The summed E-state index contributed by atoms with van der Waals surface area (Å²) in [6.07, 6.45) is -5.93. The molecule has 7 heteroatoms. The van der Waals surface area contributed by atoms with E-state index in [4.69, 9.17) is 4.74 Å². The summed E-state index contributed by atoms with van der Waals surface area (Å²) in [4.78, 5) is 1.08. The van der Waals surface area contributed by atoms with Gasteiger partial charge in [-0.05, 0) is 40.8 Å². The Balaban J connectivity index is 1.63. The predicted molar refractivity (Wildman–Crippen MR) is 104 cm³/mol. The van der Waals surface area contributed by atoms with E-state index in [1.807, 2.05) is 24.3 Å². The van der Waals surface area contributed by atoms with Gasteiger partial charge in [0.1, 0.15) is 36.3 Å². The number of aliphatic hydroxyl groups excluding tert-OH is 4. The zero-order chi connectivity index (χ0) is 19.8. The highest BCUT2D eigenvalue weighted by Gasteiger charge is 2.44. The van der Waals surface area contributed by atoms with Crippen molar-refractivity contribution in [3.63, 3.8) is 0 Å². The van der Waals surface area contributed by atoms with Crippen LogP contribution in [0.3, 0.4) is 0 Å². The van der Waals surface area contributed by atoms with Gasteiger partial charge in [0, 0.05) is 16.0 Å². The van der Waals surface area contributed by atoms with E-state index in [9.17, 15) is 24.8 Å². The molecule has 0 aliphatic carbocycles. The molecule has 1 aromatic heterocycles. The lowest BCUT2D eigenvalue weighted by Crippen LogP contribution is -2.55. The zero-order valence-electron chi connectivity index (χ0n) is 14.9. The van der Waals surface area contributed by atoms with E-state index < -0.39 is 42.9 Å². The molecule has 148 valence electrons. The van der Waals surface area contributed by atoms with Crippen LogP contribution in [0.4, 0.5) is 4.39 Å². The molecule has 0 radical (unpaired) electrons. The number of halogens is 1. The number of ether oxygens (including phenoxy) is 1. The van der Waals surface area contributed by atoms with E-state index in [1.54, 1.807) is 17.4 Å². The third-order valence-electron chi connectivity index (χ3n) is 5.06. The number of thiophene rings is 1. The van der Waals surface area contributed by atoms with Gasteiger partial charge in [-0.25, -0.2) is 4.39 Å². The number of aliphatic hydroxyl groups is 4. The number of benzene rings is 2. The van der Waals surface area contributed by atoms with Crippen LogP contribution in [-0.2, 0) is 11.2 Å². The number of rotatable bonds is 4. The zero-order valence-corrected chi connectivity index (χ0v) is 15.7. The second kappa shape index (κ2) is 7.87. The van der Waals surface area contributed by atoms with Gasteiger partial charge in [0.25, 0.3) is 0 Å². The molecule has 0 spiro atoms. The van der Waals surface area contributed by atoms with Crippen molar-refractivity contribution in [2.24, 2.45) is 0 Å². The Labute approximate surface area is 165 Å². The summed E-state index contributed by atoms with van der Waals surface area (Å²) >= 11 is 1.64. The van der Waals surface area contributed by atoms with Gasteiger partial charge < -0.3 is 25.2 Å². The summed E-state index contributed by atoms with van der Waals surface area (Å²) in [5.41, 5.74) is 1.06. The van der Waals surface area contributed by atoms with Crippen molar-refractivity contribution in [1.29, 1.82) is 0 Å². The summed E-state index contributed by atoms with van der Waals surface area (Å²) in [7, 11) is 0. The molecule has 0 unspecified atom stereocenters. The lowest BCUT2D eigenvalue weighted by Gasteiger charge is -2.40. The SMILES string of the molecule is OC[C@H]1O[C@H](c2cc(F)cc(Cc3cc4ccccc4s3)c2)[C@H](O)[C@@H](O)[C@@H]1O. The molecule has 28 heavy (non-hydrogen) atoms. The predicted octanol–water partition coefficient (Wildman–Crippen LogP) is 2.15. The quantitative estimate of drug-likeness (QED) is 0.535. The van der Waals surface area contributed by atoms with Gasteiger partial charge in [0.15, 0.2) is 0 Å². The summed E-state index contributed by atoms with van der Waals surface area (Å²) in [6, 6.07) is 14.5. The normalized spacial score (nSPS) is 28.0. The average molecular weight is 404 g/mol. The number of fused-ring (bicyclic) bond motifs is 1. The molecule has 1 aliphatic heterocycles. The standard InChI is InChI=1S/C21H21FO5S/c22-14-6-11(7-15-9-12-3-1-2-4-17(12)28-15)5-13(8-14)21-20(26)19(25)18(24)16(10-23)27-21/h1-6,8-9,16,18-21,23-26H,7,10H2/t16-,18-,19+,20-,21-/m1/s1. The van der Waals surface area contributed by atoms with E-state index in [1.165, 1.54) is 12.1 Å². The van der Waals surface area contributed by atoms with Gasteiger partial charge in [-0.15, -0.1) is 11.3 Å². The maximum atomic E-state index is 14.3. The van der Waals surface area contributed by atoms with E-state index in [0.29, 0.717) is 17.5 Å². The monoisotopic (exact) mass is 404 g/mol. The second-order valence-corrected chi connectivity index (χ2v) is 8.24. The lowest BCUT2D eigenvalue weighted by molar-refractivity contribution is -0.231. The molecule has 2 aromatic carbocycles. The summed E-state index contributed by atoms with van der Waals surface area (Å²) in [5.74, 6) is -0.481. The van der Waals surface area contributed by atoms with Gasteiger partial charge in [-0.1, -0.05) is 24.3 Å². The van der Waals surface area contributed by atoms with Crippen molar-refractivity contribution >= 4 is 21.4 Å². The van der Waals surface area contributed by atoms with Crippen LogP contribution >= 0.6 is 11.3 Å². The Morgan fingerprint density at radius 1 is 0.964 bits per heavy atom. The first kappa shape index (κ1) is 19.4. The van der Waals surface area contributed by atoms with Crippen LogP contribution in [0.15, 0.2) is 48.5 Å². The molecule has 1 aliphatic rings. The third kappa shape index (κ3) is 3.69. The smallest absolute Gasteiger partial charge is 0.123 e. The van der Waals surface area contributed by atoms with Gasteiger partial charge >= 0.3 is 0 Å². The van der Waals surface area contributed by atoms with Crippen molar-refractivity contribution in [1.82, 2.24) is 0 Å². The summed E-state index contributed by atoms with van der Waals surface area (Å²) in [5, 5.41) is 40.7. The Morgan fingerprint density at radius 2 is 1.75 bits per heavy atom. The molecule has 0 saturated carbocycles. The molecule has 3 aromatic rings. The van der Waals surface area contributed by atoms with Crippen LogP contribution in [0.25, 0.3) is 10.1 Å². The molecule has 0 amide bonds. The fourth-order valence-corrected chi connectivity index (χ4v) is 4.74. The maximum Gasteiger partial charge on any atom is 0.123 e. The average Bonchev–Trinajstić information content (AvgIpc) is 3.08. The van der Waals surface area contributed by atoms with Gasteiger partial charge in [0.05, 0.1) is 6.61 Å². The van der Waals surface area contributed by atoms with Crippen LogP contribution in [0.2, 0.25) is 0 Å². The maximum absolute atomic E-state index is 14.3. The second-order valence-electron chi connectivity index (χ2n) is 7.07. The van der Waals surface area contributed by atoms with Crippen molar-refractivity contribution in [2.75, 3.05) is 6.61 Å². The van der Waals surface area contributed by atoms with Gasteiger partial charge in [0.2, 0.25) is 0 Å². The first-order valence-corrected chi connectivity index (χ1v) is 9.85. The van der Waals surface area contributed by atoms with Gasteiger partial charge in [-0.3, -0.25) is 0 Å². The first-order valence-electron chi connectivity index (χ1n) is 9.03. The molecule has 5 atom stereocenters. The minimum Gasteiger partial charge on any atom is -0.394 e. The van der Waals surface area contributed by atoms with Crippen LogP contribution in [-0.4, -0.2) is 51.4 Å². The highest BCUT2D eigenvalue weighted by molar-refractivity contribution is 7.19. The highest BCUT2D eigenvalue weighted by Crippen LogP contribution is 2.34. The first-order chi connectivity index (χ1) is 13.5. The van der Waals surface area contributed by atoms with Crippen molar-refractivity contribution in [3.8, 4) is 0 Å². The van der Waals surface area contributed by atoms with E-state index in [-0.39, 0.29) is 0 Å². The van der Waals surface area contributed by atoms with Crippen LogP contribution in [0.5, 0.6) is 0 Å². The fraction of sp³-hybridized carbons (Fsp3) is 0.333. The third-order valence-corrected chi connectivity index (χ3v) is 6.17. The largest absolute Gasteiger partial charge is 0.394 e.